The quantitative estimate of drug-likeness (QED) is 0.666. The molecule has 0 spiro atoms. The molecular weight excluding hydrogens is 241 g/mol. The standard InChI is InChI=1S/C7H4INO/c8-6-2-1-5-4-9-10-7(5)3-6/h1-4H. The zero-order valence-electron chi connectivity index (χ0n) is 5.04. The predicted octanol–water partition coefficient (Wildman–Crippen LogP) is 2.43. The third kappa shape index (κ3) is 0.901. The number of rotatable bonds is 0. The van der Waals surface area contributed by atoms with Gasteiger partial charge in [0.05, 0.1) is 6.20 Å². The summed E-state index contributed by atoms with van der Waals surface area (Å²) in [5.41, 5.74) is 0.854. The minimum atomic E-state index is 0.854. The highest BCUT2D eigenvalue weighted by molar-refractivity contribution is 14.1. The molecule has 0 aliphatic rings. The van der Waals surface area contributed by atoms with Gasteiger partial charge in [-0.1, -0.05) is 5.16 Å². The van der Waals surface area contributed by atoms with Crippen LogP contribution < -0.4 is 0 Å². The highest BCUT2D eigenvalue weighted by Crippen LogP contribution is 2.15. The Morgan fingerprint density at radius 1 is 1.40 bits per heavy atom. The molecule has 0 atom stereocenters. The molecule has 2 nitrogen and oxygen atoms in total. The number of benzene rings is 1. The molecule has 1 heterocycles. The summed E-state index contributed by atoms with van der Waals surface area (Å²) < 4.78 is 6.11. The van der Waals surface area contributed by atoms with Crippen LogP contribution in [0.1, 0.15) is 0 Å². The van der Waals surface area contributed by atoms with E-state index in [1.54, 1.807) is 6.20 Å². The van der Waals surface area contributed by atoms with Crippen molar-refractivity contribution >= 4 is 33.6 Å². The second kappa shape index (κ2) is 2.23. The summed E-state index contributed by atoms with van der Waals surface area (Å²) >= 11 is 2.24. The molecule has 50 valence electrons. The highest BCUT2D eigenvalue weighted by atomic mass is 127. The Labute approximate surface area is 71.3 Å². The molecule has 2 rings (SSSR count). The Morgan fingerprint density at radius 3 is 3.20 bits per heavy atom. The molecule has 1 aromatic heterocycles. The summed E-state index contributed by atoms with van der Waals surface area (Å²) in [5, 5.41) is 4.72. The molecule has 0 saturated carbocycles. The van der Waals surface area contributed by atoms with Gasteiger partial charge in [-0.05, 0) is 40.8 Å². The second-order valence-electron chi connectivity index (χ2n) is 2.01. The fraction of sp³-hybridized carbons (Fsp3) is 0. The van der Waals surface area contributed by atoms with Crippen LogP contribution in [0.25, 0.3) is 11.0 Å². The van der Waals surface area contributed by atoms with E-state index in [0.29, 0.717) is 0 Å². The van der Waals surface area contributed by atoms with Gasteiger partial charge in [-0.3, -0.25) is 0 Å². The SMILES string of the molecule is Ic1ccc2cnoc2c1. The molecule has 0 aliphatic heterocycles. The van der Waals surface area contributed by atoms with Gasteiger partial charge in [-0.25, -0.2) is 0 Å². The lowest BCUT2D eigenvalue weighted by Gasteiger charge is -1.85. The normalized spacial score (nSPS) is 10.5. The number of halogens is 1. The molecular formula is C7H4INO. The first-order valence-electron chi connectivity index (χ1n) is 2.86. The van der Waals surface area contributed by atoms with Crippen LogP contribution in [0.3, 0.4) is 0 Å². The van der Waals surface area contributed by atoms with Crippen molar-refractivity contribution < 1.29 is 4.52 Å². The van der Waals surface area contributed by atoms with E-state index in [0.717, 1.165) is 11.0 Å². The lowest BCUT2D eigenvalue weighted by Crippen LogP contribution is -1.66. The van der Waals surface area contributed by atoms with Crippen LogP contribution in [0, 0.1) is 3.57 Å². The molecule has 0 fully saturated rings. The van der Waals surface area contributed by atoms with Crippen LogP contribution in [0.15, 0.2) is 28.9 Å². The van der Waals surface area contributed by atoms with E-state index >= 15 is 0 Å². The van der Waals surface area contributed by atoms with E-state index in [1.165, 1.54) is 3.57 Å². The Kier molecular flexibility index (Phi) is 1.37. The zero-order chi connectivity index (χ0) is 6.97. The van der Waals surface area contributed by atoms with Gasteiger partial charge in [-0.15, -0.1) is 0 Å². The lowest BCUT2D eigenvalue weighted by molar-refractivity contribution is 0.456. The van der Waals surface area contributed by atoms with Crippen molar-refractivity contribution in [3.63, 3.8) is 0 Å². The minimum Gasteiger partial charge on any atom is -0.356 e. The first-order chi connectivity index (χ1) is 4.86. The fourth-order valence-electron chi connectivity index (χ4n) is 0.834. The molecule has 0 N–H and O–H groups in total. The molecule has 2 aromatic rings. The van der Waals surface area contributed by atoms with Gasteiger partial charge in [0.15, 0.2) is 5.58 Å². The molecule has 1 aromatic carbocycles. The summed E-state index contributed by atoms with van der Waals surface area (Å²) in [7, 11) is 0. The maximum atomic E-state index is 4.94. The highest BCUT2D eigenvalue weighted by Gasteiger charge is 1.96. The summed E-state index contributed by atoms with van der Waals surface area (Å²) in [4.78, 5) is 0. The molecule has 0 amide bonds. The zero-order valence-corrected chi connectivity index (χ0v) is 7.20. The van der Waals surface area contributed by atoms with E-state index in [-0.39, 0.29) is 0 Å². The third-order valence-electron chi connectivity index (χ3n) is 1.32. The van der Waals surface area contributed by atoms with Crippen LogP contribution in [0.4, 0.5) is 0 Å². The average molecular weight is 245 g/mol. The number of fused-ring (bicyclic) bond motifs is 1. The van der Waals surface area contributed by atoms with Gasteiger partial charge < -0.3 is 4.52 Å². The minimum absolute atomic E-state index is 0.854. The predicted molar refractivity (Wildman–Crippen MR) is 46.7 cm³/mol. The average Bonchev–Trinajstić information content (AvgIpc) is 2.33. The monoisotopic (exact) mass is 245 g/mol. The maximum absolute atomic E-state index is 4.94. The number of aromatic nitrogens is 1. The number of hydrogen-bond acceptors (Lipinski definition) is 2. The van der Waals surface area contributed by atoms with Crippen molar-refractivity contribution in [2.24, 2.45) is 0 Å². The van der Waals surface area contributed by atoms with Gasteiger partial charge in [0.1, 0.15) is 0 Å². The second-order valence-corrected chi connectivity index (χ2v) is 3.25. The molecule has 0 saturated heterocycles. The van der Waals surface area contributed by atoms with Crippen molar-refractivity contribution in [2.45, 2.75) is 0 Å². The Balaban J connectivity index is 2.86. The van der Waals surface area contributed by atoms with Crippen molar-refractivity contribution in [3.05, 3.63) is 28.0 Å². The summed E-state index contributed by atoms with van der Waals surface area (Å²) in [6.07, 6.45) is 1.71. The molecule has 0 aliphatic carbocycles. The number of hydrogen-bond donors (Lipinski definition) is 0. The van der Waals surface area contributed by atoms with E-state index < -0.39 is 0 Å². The maximum Gasteiger partial charge on any atom is 0.167 e. The summed E-state index contributed by atoms with van der Waals surface area (Å²) in [5.74, 6) is 0. The Hall–Kier alpha value is -0.580. The van der Waals surface area contributed by atoms with Crippen LogP contribution >= 0.6 is 22.6 Å². The Morgan fingerprint density at radius 2 is 2.30 bits per heavy atom. The largest absolute Gasteiger partial charge is 0.356 e. The van der Waals surface area contributed by atoms with Gasteiger partial charge in [0.25, 0.3) is 0 Å². The number of nitrogens with zero attached hydrogens (tertiary/aromatic N) is 1. The van der Waals surface area contributed by atoms with E-state index in [9.17, 15) is 0 Å². The molecule has 0 radical (unpaired) electrons. The molecule has 0 bridgehead atoms. The summed E-state index contributed by atoms with van der Waals surface area (Å²) in [6.45, 7) is 0. The van der Waals surface area contributed by atoms with Crippen LogP contribution in [0.2, 0.25) is 0 Å². The molecule has 3 heteroatoms. The van der Waals surface area contributed by atoms with Gasteiger partial charge in [-0.2, -0.15) is 0 Å². The van der Waals surface area contributed by atoms with E-state index in [4.69, 9.17) is 4.52 Å². The van der Waals surface area contributed by atoms with Gasteiger partial charge >= 0.3 is 0 Å². The van der Waals surface area contributed by atoms with Gasteiger partial charge in [0.2, 0.25) is 0 Å². The first kappa shape index (κ1) is 6.15. The lowest BCUT2D eigenvalue weighted by atomic mass is 10.3. The molecule has 0 unspecified atom stereocenters. The van der Waals surface area contributed by atoms with Crippen LogP contribution in [-0.2, 0) is 0 Å². The van der Waals surface area contributed by atoms with E-state index in [1.807, 2.05) is 18.2 Å². The van der Waals surface area contributed by atoms with E-state index in [2.05, 4.69) is 27.7 Å². The van der Waals surface area contributed by atoms with Crippen molar-refractivity contribution in [1.29, 1.82) is 0 Å². The van der Waals surface area contributed by atoms with Gasteiger partial charge in [0, 0.05) is 8.96 Å². The van der Waals surface area contributed by atoms with Crippen LogP contribution in [0.5, 0.6) is 0 Å². The molecule has 10 heavy (non-hydrogen) atoms. The smallest absolute Gasteiger partial charge is 0.167 e. The summed E-state index contributed by atoms with van der Waals surface area (Å²) in [6, 6.07) is 5.98. The van der Waals surface area contributed by atoms with Crippen molar-refractivity contribution in [2.75, 3.05) is 0 Å². The topological polar surface area (TPSA) is 26.0 Å². The van der Waals surface area contributed by atoms with Crippen molar-refractivity contribution in [1.82, 2.24) is 5.16 Å². The fourth-order valence-corrected chi connectivity index (χ4v) is 1.30. The third-order valence-corrected chi connectivity index (χ3v) is 1.99. The Bertz CT molecular complexity index is 355. The van der Waals surface area contributed by atoms with Crippen LogP contribution in [-0.4, -0.2) is 5.16 Å². The first-order valence-corrected chi connectivity index (χ1v) is 3.94. The van der Waals surface area contributed by atoms with Crippen molar-refractivity contribution in [3.8, 4) is 0 Å².